The molecule has 0 radical (unpaired) electrons. The van der Waals surface area contributed by atoms with Crippen molar-refractivity contribution in [1.82, 2.24) is 4.72 Å². The molecule has 7 heteroatoms. The molecule has 3 N–H and O–H groups in total. The van der Waals surface area contributed by atoms with Gasteiger partial charge in [0.25, 0.3) is 0 Å². The summed E-state index contributed by atoms with van der Waals surface area (Å²) in [6, 6.07) is 2.06. The minimum absolute atomic E-state index is 0.116. The molecule has 1 atom stereocenters. The molecule has 20 heavy (non-hydrogen) atoms. The Morgan fingerprint density at radius 3 is 2.65 bits per heavy atom. The number of hydrogen-bond donors (Lipinski definition) is 2. The summed E-state index contributed by atoms with van der Waals surface area (Å²) in [6.45, 7) is 4.19. The molecule has 2 rings (SSSR count). The third-order valence-corrected chi connectivity index (χ3v) is 5.85. The van der Waals surface area contributed by atoms with E-state index in [2.05, 4.69) is 34.5 Å². The lowest BCUT2D eigenvalue weighted by atomic mass is 9.92. The van der Waals surface area contributed by atoms with Gasteiger partial charge in [0.1, 0.15) is 10.7 Å². The van der Waals surface area contributed by atoms with Gasteiger partial charge in [-0.3, -0.25) is 0 Å². The second kappa shape index (κ2) is 5.27. The quantitative estimate of drug-likeness (QED) is 0.809. The molecular formula is C13H18BrFN2O2S. The molecule has 1 aliphatic rings. The van der Waals surface area contributed by atoms with Gasteiger partial charge < -0.3 is 5.73 Å². The zero-order valence-electron chi connectivity index (χ0n) is 11.4. The van der Waals surface area contributed by atoms with Crippen LogP contribution in [0.25, 0.3) is 0 Å². The third kappa shape index (κ3) is 3.32. The van der Waals surface area contributed by atoms with Crippen LogP contribution in [0.2, 0.25) is 0 Å². The SMILES string of the molecule is CC1(C)CCC(NS(=O)(=O)c2cc(N)c(Br)cc2F)C1. The lowest BCUT2D eigenvalue weighted by Crippen LogP contribution is -2.34. The average molecular weight is 365 g/mol. The molecule has 0 heterocycles. The van der Waals surface area contributed by atoms with Gasteiger partial charge in [-0.15, -0.1) is 0 Å². The number of anilines is 1. The third-order valence-electron chi connectivity index (χ3n) is 3.63. The van der Waals surface area contributed by atoms with Crippen LogP contribution in [-0.2, 0) is 10.0 Å². The number of rotatable bonds is 3. The highest BCUT2D eigenvalue weighted by molar-refractivity contribution is 9.10. The minimum Gasteiger partial charge on any atom is -0.398 e. The van der Waals surface area contributed by atoms with Crippen LogP contribution < -0.4 is 10.5 Å². The van der Waals surface area contributed by atoms with Crippen molar-refractivity contribution in [2.75, 3.05) is 5.73 Å². The summed E-state index contributed by atoms with van der Waals surface area (Å²) in [5.74, 6) is -0.809. The van der Waals surface area contributed by atoms with Crippen molar-refractivity contribution in [2.24, 2.45) is 5.41 Å². The van der Waals surface area contributed by atoms with E-state index >= 15 is 0 Å². The Bertz CT molecular complexity index is 632. The van der Waals surface area contributed by atoms with Crippen molar-refractivity contribution in [3.63, 3.8) is 0 Å². The summed E-state index contributed by atoms with van der Waals surface area (Å²) < 4.78 is 41.3. The van der Waals surface area contributed by atoms with Gasteiger partial charge in [-0.25, -0.2) is 17.5 Å². The first-order valence-corrected chi connectivity index (χ1v) is 8.65. The molecular weight excluding hydrogens is 347 g/mol. The topological polar surface area (TPSA) is 72.2 Å². The van der Waals surface area contributed by atoms with Crippen molar-refractivity contribution in [1.29, 1.82) is 0 Å². The summed E-state index contributed by atoms with van der Waals surface area (Å²) in [4.78, 5) is -0.400. The number of nitrogen functional groups attached to an aromatic ring is 1. The average Bonchev–Trinajstić information content (AvgIpc) is 2.62. The number of benzene rings is 1. The van der Waals surface area contributed by atoms with Crippen LogP contribution in [-0.4, -0.2) is 14.5 Å². The van der Waals surface area contributed by atoms with E-state index in [4.69, 9.17) is 5.73 Å². The molecule has 1 saturated carbocycles. The van der Waals surface area contributed by atoms with E-state index < -0.39 is 20.7 Å². The molecule has 0 spiro atoms. The molecule has 4 nitrogen and oxygen atoms in total. The zero-order valence-corrected chi connectivity index (χ0v) is 13.8. The summed E-state index contributed by atoms with van der Waals surface area (Å²) in [7, 11) is -3.89. The molecule has 0 bridgehead atoms. The van der Waals surface area contributed by atoms with Gasteiger partial charge in [0, 0.05) is 16.2 Å². The maximum absolute atomic E-state index is 13.8. The lowest BCUT2D eigenvalue weighted by molar-refractivity contribution is 0.372. The number of nitrogens with two attached hydrogens (primary N) is 1. The van der Waals surface area contributed by atoms with Crippen LogP contribution in [0.5, 0.6) is 0 Å². The van der Waals surface area contributed by atoms with Crippen LogP contribution in [0.4, 0.5) is 10.1 Å². The molecule has 0 amide bonds. The molecule has 1 aliphatic carbocycles. The standard InChI is InChI=1S/C13H18BrFN2O2S/c1-13(2)4-3-8(7-13)17-20(18,19)12-6-11(16)9(14)5-10(12)15/h5-6,8,17H,3-4,7,16H2,1-2H3. The second-order valence-electron chi connectivity index (χ2n) is 6.03. The van der Waals surface area contributed by atoms with E-state index in [1.165, 1.54) is 0 Å². The Labute approximate surface area is 127 Å². The van der Waals surface area contributed by atoms with Crippen LogP contribution in [0.15, 0.2) is 21.5 Å². The van der Waals surface area contributed by atoms with Gasteiger partial charge in [0.2, 0.25) is 10.0 Å². The van der Waals surface area contributed by atoms with Crippen LogP contribution in [0, 0.1) is 11.2 Å². The van der Waals surface area contributed by atoms with Crippen molar-refractivity contribution < 1.29 is 12.8 Å². The van der Waals surface area contributed by atoms with Crippen molar-refractivity contribution in [3.05, 3.63) is 22.4 Å². The van der Waals surface area contributed by atoms with Gasteiger partial charge in [0.15, 0.2) is 0 Å². The zero-order chi connectivity index (χ0) is 15.1. The van der Waals surface area contributed by atoms with E-state index in [0.717, 1.165) is 31.4 Å². The summed E-state index contributed by atoms with van der Waals surface area (Å²) in [5.41, 5.74) is 5.94. The van der Waals surface area contributed by atoms with Gasteiger partial charge in [0.05, 0.1) is 0 Å². The van der Waals surface area contributed by atoms with Crippen LogP contribution >= 0.6 is 15.9 Å². The lowest BCUT2D eigenvalue weighted by Gasteiger charge is -2.18. The highest BCUT2D eigenvalue weighted by Gasteiger charge is 2.34. The molecule has 1 aromatic carbocycles. The van der Waals surface area contributed by atoms with E-state index in [-0.39, 0.29) is 17.1 Å². The fraction of sp³-hybridized carbons (Fsp3) is 0.538. The summed E-state index contributed by atoms with van der Waals surface area (Å²) >= 11 is 3.07. The fourth-order valence-corrected chi connectivity index (χ4v) is 4.25. The number of nitrogens with one attached hydrogen (secondary N) is 1. The van der Waals surface area contributed by atoms with E-state index in [0.29, 0.717) is 4.47 Å². The minimum atomic E-state index is -3.89. The Morgan fingerprint density at radius 1 is 1.45 bits per heavy atom. The maximum atomic E-state index is 13.8. The first-order chi connectivity index (χ1) is 9.11. The predicted molar refractivity (Wildman–Crippen MR) is 80.3 cm³/mol. The second-order valence-corrected chi connectivity index (χ2v) is 8.57. The molecule has 1 fully saturated rings. The van der Waals surface area contributed by atoms with Crippen molar-refractivity contribution in [3.8, 4) is 0 Å². The first kappa shape index (κ1) is 15.7. The highest BCUT2D eigenvalue weighted by atomic mass is 79.9. The highest BCUT2D eigenvalue weighted by Crippen LogP contribution is 2.37. The van der Waals surface area contributed by atoms with E-state index in [1.807, 2.05) is 0 Å². The molecule has 1 aromatic rings. The monoisotopic (exact) mass is 364 g/mol. The summed E-state index contributed by atoms with van der Waals surface area (Å²) in [5, 5.41) is 0. The smallest absolute Gasteiger partial charge is 0.243 e. The number of sulfonamides is 1. The predicted octanol–water partition coefficient (Wildman–Crippen LogP) is 3.03. The Hall–Kier alpha value is -0.660. The van der Waals surface area contributed by atoms with Gasteiger partial charge in [-0.2, -0.15) is 0 Å². The van der Waals surface area contributed by atoms with Crippen molar-refractivity contribution >= 4 is 31.6 Å². The van der Waals surface area contributed by atoms with Crippen molar-refractivity contribution in [2.45, 2.75) is 44.0 Å². The van der Waals surface area contributed by atoms with Gasteiger partial charge in [-0.1, -0.05) is 13.8 Å². The van der Waals surface area contributed by atoms with E-state index in [9.17, 15) is 12.8 Å². The molecule has 0 aliphatic heterocycles. The van der Waals surface area contributed by atoms with Crippen LogP contribution in [0.1, 0.15) is 33.1 Å². The Morgan fingerprint density at radius 2 is 2.10 bits per heavy atom. The first-order valence-electron chi connectivity index (χ1n) is 6.38. The summed E-state index contributed by atoms with van der Waals surface area (Å²) in [6.07, 6.45) is 2.46. The Kier molecular flexibility index (Phi) is 4.15. The maximum Gasteiger partial charge on any atom is 0.243 e. The number of halogens is 2. The Balaban J connectivity index is 2.26. The molecule has 112 valence electrons. The van der Waals surface area contributed by atoms with Crippen LogP contribution in [0.3, 0.4) is 0 Å². The molecule has 0 saturated heterocycles. The van der Waals surface area contributed by atoms with Gasteiger partial charge in [-0.05, 0) is 52.7 Å². The normalized spacial score (nSPS) is 22.1. The van der Waals surface area contributed by atoms with Gasteiger partial charge >= 0.3 is 0 Å². The van der Waals surface area contributed by atoms with E-state index in [1.54, 1.807) is 0 Å². The fourth-order valence-electron chi connectivity index (χ4n) is 2.57. The molecule has 1 unspecified atom stereocenters. The largest absolute Gasteiger partial charge is 0.398 e. The number of hydrogen-bond acceptors (Lipinski definition) is 3. The molecule has 0 aromatic heterocycles.